The van der Waals surface area contributed by atoms with Gasteiger partial charge in [0.25, 0.3) is 0 Å². The van der Waals surface area contributed by atoms with Crippen LogP contribution in [0.2, 0.25) is 10.0 Å². The second-order valence-electron chi connectivity index (χ2n) is 5.62. The van der Waals surface area contributed by atoms with E-state index in [9.17, 15) is 4.79 Å². The highest BCUT2D eigenvalue weighted by Crippen LogP contribution is 2.33. The minimum absolute atomic E-state index is 0.0545. The van der Waals surface area contributed by atoms with Gasteiger partial charge in [-0.25, -0.2) is 0 Å². The molecule has 0 radical (unpaired) electrons. The molecule has 23 heavy (non-hydrogen) atoms. The normalized spacial score (nSPS) is 17.1. The van der Waals surface area contributed by atoms with Gasteiger partial charge in [-0.2, -0.15) is 0 Å². The van der Waals surface area contributed by atoms with Crippen molar-refractivity contribution in [2.45, 2.75) is 19.4 Å². The molecule has 0 bridgehead atoms. The summed E-state index contributed by atoms with van der Waals surface area (Å²) in [6, 6.07) is 13.4. The first kappa shape index (κ1) is 16.2. The van der Waals surface area contributed by atoms with E-state index in [1.807, 2.05) is 30.3 Å². The minimum atomic E-state index is -0.0545. The van der Waals surface area contributed by atoms with Crippen LogP contribution in [0.4, 0.5) is 0 Å². The van der Waals surface area contributed by atoms with Crippen LogP contribution in [-0.4, -0.2) is 12.5 Å². The van der Waals surface area contributed by atoms with Gasteiger partial charge in [0.15, 0.2) is 0 Å². The van der Waals surface area contributed by atoms with E-state index in [0.717, 1.165) is 24.1 Å². The molecule has 0 spiro atoms. The van der Waals surface area contributed by atoms with Gasteiger partial charge in [0.1, 0.15) is 12.4 Å². The van der Waals surface area contributed by atoms with E-state index >= 15 is 0 Å². The van der Waals surface area contributed by atoms with Crippen LogP contribution in [-0.2, 0) is 17.8 Å². The van der Waals surface area contributed by atoms with Crippen molar-refractivity contribution in [3.63, 3.8) is 0 Å². The average Bonchev–Trinajstić information content (AvgIpc) is 2.95. The van der Waals surface area contributed by atoms with Gasteiger partial charge in [-0.05, 0) is 36.1 Å². The van der Waals surface area contributed by atoms with E-state index in [-0.39, 0.29) is 11.8 Å². The summed E-state index contributed by atoms with van der Waals surface area (Å²) in [7, 11) is 0. The summed E-state index contributed by atoms with van der Waals surface area (Å²) in [6.07, 6.45) is 1.38. The molecule has 0 saturated carbocycles. The van der Waals surface area contributed by atoms with Crippen molar-refractivity contribution in [1.29, 1.82) is 0 Å². The highest BCUT2D eigenvalue weighted by Gasteiger charge is 2.26. The van der Waals surface area contributed by atoms with Gasteiger partial charge in [-0.15, -0.1) is 0 Å². The Hall–Kier alpha value is -1.71. The van der Waals surface area contributed by atoms with Crippen LogP contribution in [0, 0.1) is 5.92 Å². The lowest BCUT2D eigenvalue weighted by atomic mass is 9.98. The van der Waals surface area contributed by atoms with Crippen LogP contribution in [0.25, 0.3) is 0 Å². The zero-order chi connectivity index (χ0) is 16.2. The Balaban J connectivity index is 1.71. The number of carbonyl (C=O) groups is 1. The van der Waals surface area contributed by atoms with Crippen LogP contribution < -0.4 is 10.1 Å². The van der Waals surface area contributed by atoms with Gasteiger partial charge in [0.2, 0.25) is 5.91 Å². The van der Waals surface area contributed by atoms with Crippen molar-refractivity contribution in [3.8, 4) is 5.75 Å². The molecule has 3 nitrogen and oxygen atoms in total. The Bertz CT molecular complexity index is 680. The topological polar surface area (TPSA) is 38.3 Å². The first-order chi connectivity index (χ1) is 11.1. The summed E-state index contributed by atoms with van der Waals surface area (Å²) in [5, 5.41) is 3.91. The molecule has 0 aromatic heterocycles. The molecule has 5 heteroatoms. The maximum absolute atomic E-state index is 11.7. The molecule has 1 saturated heterocycles. The number of ether oxygens (including phenoxy) is 1. The largest absolute Gasteiger partial charge is 0.489 e. The summed E-state index contributed by atoms with van der Waals surface area (Å²) in [5.41, 5.74) is 1.88. The quantitative estimate of drug-likeness (QED) is 0.876. The van der Waals surface area contributed by atoms with Gasteiger partial charge in [-0.3, -0.25) is 4.79 Å². The molecule has 1 atom stereocenters. The molecule has 2 aromatic carbocycles. The third kappa shape index (κ3) is 3.98. The highest BCUT2D eigenvalue weighted by molar-refractivity contribution is 6.36. The molecular weight excluding hydrogens is 333 g/mol. The SMILES string of the molecule is O=C1NCCC1Cc1c(Cl)cc(OCc2ccccc2)cc1Cl. The van der Waals surface area contributed by atoms with Crippen molar-refractivity contribution >= 4 is 29.1 Å². The first-order valence-corrected chi connectivity index (χ1v) is 8.31. The molecule has 1 fully saturated rings. The van der Waals surface area contributed by atoms with Crippen molar-refractivity contribution in [1.82, 2.24) is 5.32 Å². The van der Waals surface area contributed by atoms with Crippen LogP contribution >= 0.6 is 23.2 Å². The maximum atomic E-state index is 11.7. The van der Waals surface area contributed by atoms with Crippen LogP contribution in [0.5, 0.6) is 5.75 Å². The highest BCUT2D eigenvalue weighted by atomic mass is 35.5. The van der Waals surface area contributed by atoms with Crippen molar-refractivity contribution in [2.24, 2.45) is 5.92 Å². The third-order valence-electron chi connectivity index (χ3n) is 3.98. The summed E-state index contributed by atoms with van der Waals surface area (Å²) >= 11 is 12.7. The van der Waals surface area contributed by atoms with Crippen LogP contribution in [0.15, 0.2) is 42.5 Å². The Morgan fingerprint density at radius 2 is 1.83 bits per heavy atom. The number of carbonyl (C=O) groups excluding carboxylic acids is 1. The molecule has 1 aliphatic rings. The zero-order valence-electron chi connectivity index (χ0n) is 12.5. The minimum Gasteiger partial charge on any atom is -0.489 e. The van der Waals surface area contributed by atoms with Gasteiger partial charge in [0, 0.05) is 22.5 Å². The predicted octanol–water partition coefficient (Wildman–Crippen LogP) is 4.25. The molecule has 1 unspecified atom stereocenters. The molecule has 0 aliphatic carbocycles. The first-order valence-electron chi connectivity index (χ1n) is 7.56. The molecule has 1 aliphatic heterocycles. The lowest BCUT2D eigenvalue weighted by Crippen LogP contribution is -2.20. The van der Waals surface area contributed by atoms with Gasteiger partial charge in [-0.1, -0.05) is 53.5 Å². The fraction of sp³-hybridized carbons (Fsp3) is 0.278. The fourth-order valence-electron chi connectivity index (χ4n) is 2.69. The fourth-order valence-corrected chi connectivity index (χ4v) is 3.31. The molecule has 1 heterocycles. The van der Waals surface area contributed by atoms with E-state index in [1.165, 1.54) is 0 Å². The van der Waals surface area contributed by atoms with Crippen molar-refractivity contribution < 1.29 is 9.53 Å². The van der Waals surface area contributed by atoms with Crippen LogP contribution in [0.1, 0.15) is 17.5 Å². The lowest BCUT2D eigenvalue weighted by molar-refractivity contribution is -0.122. The Kier molecular flexibility index (Phi) is 5.09. The van der Waals surface area contributed by atoms with Gasteiger partial charge < -0.3 is 10.1 Å². The van der Waals surface area contributed by atoms with E-state index in [0.29, 0.717) is 28.8 Å². The average molecular weight is 350 g/mol. The second-order valence-corrected chi connectivity index (χ2v) is 6.43. The Morgan fingerprint density at radius 1 is 1.13 bits per heavy atom. The maximum Gasteiger partial charge on any atom is 0.223 e. The number of nitrogens with one attached hydrogen (secondary N) is 1. The second kappa shape index (κ2) is 7.24. The van der Waals surface area contributed by atoms with E-state index in [1.54, 1.807) is 12.1 Å². The number of amides is 1. The third-order valence-corrected chi connectivity index (χ3v) is 4.65. The van der Waals surface area contributed by atoms with E-state index in [2.05, 4.69) is 5.32 Å². The van der Waals surface area contributed by atoms with Gasteiger partial charge >= 0.3 is 0 Å². The number of halogens is 2. The molecule has 1 amide bonds. The van der Waals surface area contributed by atoms with Crippen molar-refractivity contribution in [2.75, 3.05) is 6.54 Å². The zero-order valence-corrected chi connectivity index (χ0v) is 14.0. The standard InChI is InChI=1S/C18H17Cl2NO2/c19-16-9-14(23-11-12-4-2-1-3-5-12)10-17(20)15(16)8-13-6-7-21-18(13)22/h1-5,9-10,13H,6-8,11H2,(H,21,22). The number of rotatable bonds is 5. The molecule has 2 aromatic rings. The molecule has 120 valence electrons. The summed E-state index contributed by atoms with van der Waals surface area (Å²) < 4.78 is 5.75. The van der Waals surface area contributed by atoms with E-state index < -0.39 is 0 Å². The lowest BCUT2D eigenvalue weighted by Gasteiger charge is -2.13. The van der Waals surface area contributed by atoms with Crippen LogP contribution in [0.3, 0.4) is 0 Å². The van der Waals surface area contributed by atoms with Gasteiger partial charge in [0.05, 0.1) is 0 Å². The Labute approximate surface area is 145 Å². The molecular formula is C18H17Cl2NO2. The number of hydrogen-bond donors (Lipinski definition) is 1. The Morgan fingerprint density at radius 3 is 2.43 bits per heavy atom. The number of hydrogen-bond acceptors (Lipinski definition) is 2. The summed E-state index contributed by atoms with van der Waals surface area (Å²) in [6.45, 7) is 1.18. The number of benzene rings is 2. The summed E-state index contributed by atoms with van der Waals surface area (Å²) in [5.74, 6) is 0.645. The smallest absolute Gasteiger partial charge is 0.223 e. The van der Waals surface area contributed by atoms with E-state index in [4.69, 9.17) is 27.9 Å². The van der Waals surface area contributed by atoms with Crippen molar-refractivity contribution in [3.05, 3.63) is 63.6 Å². The monoisotopic (exact) mass is 349 g/mol. The predicted molar refractivity (Wildman–Crippen MR) is 92.1 cm³/mol. The molecule has 1 N–H and O–H groups in total. The summed E-state index contributed by atoms with van der Waals surface area (Å²) in [4.78, 5) is 11.7. The molecule has 3 rings (SSSR count).